The highest BCUT2D eigenvalue weighted by molar-refractivity contribution is 5.26. The molecule has 0 saturated heterocycles. The molecule has 0 saturated carbocycles. The minimum absolute atomic E-state index is 0. The lowest BCUT2D eigenvalue weighted by Crippen LogP contribution is -2.19. The van der Waals surface area contributed by atoms with Crippen LogP contribution in [0.15, 0.2) is 34.1 Å². The molecular formula is C22H38N2O3. The number of pyridine rings is 2. The SMILES string of the molecule is C.C.COc1cc(C(C)C)cn(C)c1=O.Cc1cc(C(C)C)cn(C)c1=O. The maximum absolute atomic E-state index is 11.4. The van der Waals surface area contributed by atoms with Crippen molar-refractivity contribution in [1.82, 2.24) is 9.13 Å². The van der Waals surface area contributed by atoms with Gasteiger partial charge < -0.3 is 13.9 Å². The van der Waals surface area contributed by atoms with E-state index in [1.165, 1.54) is 12.7 Å². The first-order valence-corrected chi connectivity index (χ1v) is 8.50. The molecule has 2 aromatic heterocycles. The zero-order valence-electron chi connectivity index (χ0n) is 16.6. The normalized spacial score (nSPS) is 9.85. The molecular weight excluding hydrogens is 340 g/mol. The molecule has 0 unspecified atom stereocenters. The molecule has 0 radical (unpaired) electrons. The lowest BCUT2D eigenvalue weighted by molar-refractivity contribution is 0.403. The smallest absolute Gasteiger partial charge is 0.292 e. The van der Waals surface area contributed by atoms with E-state index in [2.05, 4.69) is 27.7 Å². The molecule has 0 N–H and O–H groups in total. The number of methoxy groups -OCH3 is 1. The van der Waals surface area contributed by atoms with Crippen LogP contribution >= 0.6 is 0 Å². The van der Waals surface area contributed by atoms with Gasteiger partial charge in [-0.1, -0.05) is 42.5 Å². The lowest BCUT2D eigenvalue weighted by atomic mass is 10.0. The van der Waals surface area contributed by atoms with Crippen LogP contribution in [-0.4, -0.2) is 16.2 Å². The van der Waals surface area contributed by atoms with Gasteiger partial charge >= 0.3 is 0 Å². The number of rotatable bonds is 3. The first-order valence-electron chi connectivity index (χ1n) is 8.50. The number of ether oxygens (including phenoxy) is 1. The van der Waals surface area contributed by atoms with Gasteiger partial charge in [-0.15, -0.1) is 0 Å². The van der Waals surface area contributed by atoms with E-state index in [1.807, 2.05) is 25.4 Å². The Labute approximate surface area is 164 Å². The Morgan fingerprint density at radius 3 is 1.59 bits per heavy atom. The van der Waals surface area contributed by atoms with Crippen LogP contribution < -0.4 is 15.9 Å². The highest BCUT2D eigenvalue weighted by atomic mass is 16.5. The largest absolute Gasteiger partial charge is 0.491 e. The van der Waals surface area contributed by atoms with Gasteiger partial charge in [0.15, 0.2) is 5.75 Å². The summed E-state index contributed by atoms with van der Waals surface area (Å²) in [6.07, 6.45) is 3.75. The van der Waals surface area contributed by atoms with Gasteiger partial charge in [0.25, 0.3) is 11.1 Å². The van der Waals surface area contributed by atoms with Gasteiger partial charge in [0, 0.05) is 32.1 Å². The van der Waals surface area contributed by atoms with Crippen molar-refractivity contribution in [1.29, 1.82) is 0 Å². The molecule has 0 aliphatic rings. The van der Waals surface area contributed by atoms with E-state index in [0.29, 0.717) is 17.6 Å². The minimum Gasteiger partial charge on any atom is -0.491 e. The maximum Gasteiger partial charge on any atom is 0.292 e. The van der Waals surface area contributed by atoms with Crippen molar-refractivity contribution in [2.24, 2.45) is 14.1 Å². The van der Waals surface area contributed by atoms with E-state index in [-0.39, 0.29) is 26.0 Å². The van der Waals surface area contributed by atoms with Crippen LogP contribution in [-0.2, 0) is 14.1 Å². The summed E-state index contributed by atoms with van der Waals surface area (Å²) in [5.74, 6) is 1.30. The van der Waals surface area contributed by atoms with Crippen LogP contribution in [0.1, 0.15) is 71.1 Å². The van der Waals surface area contributed by atoms with Crippen LogP contribution in [0.4, 0.5) is 0 Å². The highest BCUT2D eigenvalue weighted by Crippen LogP contribution is 2.16. The molecule has 0 aromatic carbocycles. The van der Waals surface area contributed by atoms with Crippen LogP contribution in [0, 0.1) is 6.92 Å². The molecule has 0 bridgehead atoms. The zero-order chi connectivity index (χ0) is 19.3. The van der Waals surface area contributed by atoms with Gasteiger partial charge in [0.2, 0.25) is 0 Å². The van der Waals surface area contributed by atoms with Crippen molar-refractivity contribution in [3.8, 4) is 5.75 Å². The van der Waals surface area contributed by atoms with Crippen molar-refractivity contribution in [3.63, 3.8) is 0 Å². The second-order valence-electron chi connectivity index (χ2n) is 6.94. The van der Waals surface area contributed by atoms with E-state index < -0.39 is 0 Å². The molecule has 0 fully saturated rings. The summed E-state index contributed by atoms with van der Waals surface area (Å²) in [4.78, 5) is 22.7. The Kier molecular flexibility index (Phi) is 11.4. The van der Waals surface area contributed by atoms with Crippen molar-refractivity contribution >= 4 is 0 Å². The molecule has 0 aliphatic carbocycles. The monoisotopic (exact) mass is 378 g/mol. The van der Waals surface area contributed by atoms with Crippen LogP contribution in [0.3, 0.4) is 0 Å². The third kappa shape index (κ3) is 7.08. The summed E-state index contributed by atoms with van der Waals surface area (Å²) in [5, 5.41) is 0. The summed E-state index contributed by atoms with van der Waals surface area (Å²) in [6.45, 7) is 10.3. The maximum atomic E-state index is 11.4. The Morgan fingerprint density at radius 2 is 1.22 bits per heavy atom. The number of aryl methyl sites for hydroxylation is 3. The van der Waals surface area contributed by atoms with Crippen molar-refractivity contribution in [3.05, 3.63) is 61.9 Å². The van der Waals surface area contributed by atoms with E-state index in [1.54, 1.807) is 29.3 Å². The Morgan fingerprint density at radius 1 is 0.815 bits per heavy atom. The number of nitrogens with zero attached hydrogens (tertiary/aromatic N) is 2. The molecule has 0 aliphatic heterocycles. The molecule has 2 aromatic rings. The summed E-state index contributed by atoms with van der Waals surface area (Å²) < 4.78 is 8.18. The molecule has 5 nitrogen and oxygen atoms in total. The van der Waals surface area contributed by atoms with E-state index in [4.69, 9.17) is 4.74 Å². The Hall–Kier alpha value is -2.30. The molecule has 2 heterocycles. The first-order chi connectivity index (χ1) is 11.6. The molecule has 5 heteroatoms. The number of hydrogen-bond acceptors (Lipinski definition) is 3. The minimum atomic E-state index is -0.0908. The van der Waals surface area contributed by atoms with Gasteiger partial charge in [-0.2, -0.15) is 0 Å². The highest BCUT2D eigenvalue weighted by Gasteiger charge is 2.06. The predicted octanol–water partition coefficient (Wildman–Crippen LogP) is 4.61. The summed E-state index contributed by atoms with van der Waals surface area (Å²) >= 11 is 0. The molecule has 154 valence electrons. The van der Waals surface area contributed by atoms with Gasteiger partial charge in [0.05, 0.1) is 7.11 Å². The fourth-order valence-corrected chi connectivity index (χ4v) is 2.39. The van der Waals surface area contributed by atoms with Gasteiger partial charge in [-0.3, -0.25) is 9.59 Å². The van der Waals surface area contributed by atoms with Gasteiger partial charge in [0.1, 0.15) is 0 Å². The number of hydrogen-bond donors (Lipinski definition) is 0. The molecule has 0 amide bonds. The molecule has 0 spiro atoms. The van der Waals surface area contributed by atoms with Gasteiger partial charge in [-0.05, 0) is 42.0 Å². The number of aromatic nitrogens is 2. The van der Waals surface area contributed by atoms with E-state index in [0.717, 1.165) is 11.1 Å². The lowest BCUT2D eigenvalue weighted by Gasteiger charge is -2.09. The average Bonchev–Trinajstić information content (AvgIpc) is 2.54. The zero-order valence-corrected chi connectivity index (χ0v) is 16.6. The van der Waals surface area contributed by atoms with Crippen molar-refractivity contribution < 1.29 is 4.74 Å². The van der Waals surface area contributed by atoms with E-state index in [9.17, 15) is 9.59 Å². The standard InChI is InChI=1S/C10H15NO2.C10H15NO.2CH4/c1-7(2)8-5-9(13-4)10(12)11(3)6-8;1-7(2)9-5-8(3)10(12)11(4)6-9;;/h5-7H,1-4H3;5-7H,1-4H3;2*1H4. The summed E-state index contributed by atoms with van der Waals surface area (Å²) in [5.41, 5.74) is 3.16. The van der Waals surface area contributed by atoms with Crippen molar-refractivity contribution in [2.45, 2.75) is 61.3 Å². The van der Waals surface area contributed by atoms with Crippen LogP contribution in [0.5, 0.6) is 5.75 Å². The predicted molar refractivity (Wildman–Crippen MR) is 116 cm³/mol. The first kappa shape index (κ1) is 26.9. The third-order valence-electron chi connectivity index (χ3n) is 4.11. The van der Waals surface area contributed by atoms with E-state index >= 15 is 0 Å². The fraction of sp³-hybridized carbons (Fsp3) is 0.545. The average molecular weight is 379 g/mol. The van der Waals surface area contributed by atoms with Crippen molar-refractivity contribution in [2.75, 3.05) is 7.11 Å². The van der Waals surface area contributed by atoms with Crippen LogP contribution in [0.2, 0.25) is 0 Å². The molecule has 27 heavy (non-hydrogen) atoms. The Balaban J connectivity index is 0. The topological polar surface area (TPSA) is 53.2 Å². The quantitative estimate of drug-likeness (QED) is 0.784. The molecule has 0 atom stereocenters. The summed E-state index contributed by atoms with van der Waals surface area (Å²) in [6, 6.07) is 3.76. The summed E-state index contributed by atoms with van der Waals surface area (Å²) in [7, 11) is 5.04. The second-order valence-corrected chi connectivity index (χ2v) is 6.94. The van der Waals surface area contributed by atoms with Gasteiger partial charge in [-0.25, -0.2) is 0 Å². The fourth-order valence-electron chi connectivity index (χ4n) is 2.39. The Bertz CT molecular complexity index is 804. The van der Waals surface area contributed by atoms with Crippen LogP contribution in [0.25, 0.3) is 0 Å². The molecule has 2 rings (SSSR count). The second kappa shape index (κ2) is 11.4. The third-order valence-corrected chi connectivity index (χ3v) is 4.11.